The number of benzene rings is 1. The molecule has 0 saturated heterocycles. The number of anilines is 2. The van der Waals surface area contributed by atoms with Gasteiger partial charge in [0.25, 0.3) is 0 Å². The van der Waals surface area contributed by atoms with E-state index in [1.165, 1.54) is 23.1 Å². The Balaban J connectivity index is 1.87. The Labute approximate surface area is 200 Å². The second kappa shape index (κ2) is 10.5. The van der Waals surface area contributed by atoms with Crippen LogP contribution in [0, 0.1) is 22.7 Å². The highest BCUT2D eigenvalue weighted by Gasteiger charge is 2.26. The summed E-state index contributed by atoms with van der Waals surface area (Å²) in [6.07, 6.45) is 0.499. The van der Waals surface area contributed by atoms with E-state index in [4.69, 9.17) is 10.5 Å². The first-order chi connectivity index (χ1) is 15.8. The van der Waals surface area contributed by atoms with Gasteiger partial charge in [0.2, 0.25) is 5.91 Å². The van der Waals surface area contributed by atoms with Crippen molar-refractivity contribution in [1.82, 2.24) is 9.97 Å². The molecule has 3 N–H and O–H groups in total. The van der Waals surface area contributed by atoms with Crippen LogP contribution < -0.4 is 15.8 Å². The van der Waals surface area contributed by atoms with Gasteiger partial charge in [-0.25, -0.2) is 9.97 Å². The van der Waals surface area contributed by atoms with E-state index in [0.29, 0.717) is 28.7 Å². The molecule has 3 rings (SSSR count). The number of fused-ring (bicyclic) bond motifs is 1. The molecule has 2 aromatic heterocycles. The van der Waals surface area contributed by atoms with E-state index < -0.39 is 5.25 Å². The van der Waals surface area contributed by atoms with Gasteiger partial charge in [-0.2, -0.15) is 10.5 Å². The number of nitrogens with zero attached hydrogens (tertiary/aromatic N) is 4. The van der Waals surface area contributed by atoms with E-state index in [1.807, 2.05) is 45.9 Å². The first kappa shape index (κ1) is 24.3. The maximum atomic E-state index is 13.0. The van der Waals surface area contributed by atoms with Crippen molar-refractivity contribution in [1.29, 1.82) is 10.5 Å². The zero-order valence-electron chi connectivity index (χ0n) is 18.8. The zero-order valence-corrected chi connectivity index (χ0v) is 20.4. The van der Waals surface area contributed by atoms with Crippen LogP contribution in [-0.2, 0) is 4.79 Å². The number of thiazole rings is 1. The number of hydrogen-bond acceptors (Lipinski definition) is 9. The summed E-state index contributed by atoms with van der Waals surface area (Å²) in [5.41, 5.74) is 7.84. The lowest BCUT2D eigenvalue weighted by Gasteiger charge is -2.18. The Morgan fingerprint density at radius 1 is 1.24 bits per heavy atom. The fourth-order valence-corrected chi connectivity index (χ4v) is 5.27. The molecule has 0 radical (unpaired) electrons. The molecule has 0 bridgehead atoms. The third-order valence-electron chi connectivity index (χ3n) is 4.85. The third-order valence-corrected chi connectivity index (χ3v) is 7.13. The van der Waals surface area contributed by atoms with Crippen molar-refractivity contribution in [2.75, 3.05) is 17.7 Å². The summed E-state index contributed by atoms with van der Waals surface area (Å²) in [6, 6.07) is 9.81. The predicted molar refractivity (Wildman–Crippen MR) is 132 cm³/mol. The lowest BCUT2D eigenvalue weighted by molar-refractivity contribution is -0.115. The van der Waals surface area contributed by atoms with Gasteiger partial charge in [0.05, 0.1) is 33.2 Å². The molecule has 170 valence electrons. The van der Waals surface area contributed by atoms with Gasteiger partial charge in [-0.05, 0) is 43.0 Å². The Morgan fingerprint density at radius 3 is 2.58 bits per heavy atom. The molecule has 0 aliphatic carbocycles. The number of nitrogens with two attached hydrogens (primary N) is 1. The van der Waals surface area contributed by atoms with Gasteiger partial charge >= 0.3 is 0 Å². The van der Waals surface area contributed by atoms with Gasteiger partial charge in [-0.15, -0.1) is 0 Å². The molecule has 1 aromatic carbocycles. The number of amides is 1. The smallest absolute Gasteiger partial charge is 0.239 e. The highest BCUT2D eigenvalue weighted by molar-refractivity contribution is 8.00. The maximum absolute atomic E-state index is 13.0. The Bertz CT molecular complexity index is 1270. The molecule has 2 heterocycles. The number of nitriles is 2. The van der Waals surface area contributed by atoms with Crippen LogP contribution in [0.2, 0.25) is 0 Å². The minimum atomic E-state index is -0.525. The summed E-state index contributed by atoms with van der Waals surface area (Å²) in [6.45, 7) is 8.15. The molecule has 1 unspecified atom stereocenters. The molecule has 0 aliphatic rings. The first-order valence-electron chi connectivity index (χ1n) is 10.5. The van der Waals surface area contributed by atoms with E-state index in [0.717, 1.165) is 16.0 Å². The quantitative estimate of drug-likeness (QED) is 0.427. The van der Waals surface area contributed by atoms with Crippen LogP contribution in [0.15, 0.2) is 23.2 Å². The summed E-state index contributed by atoms with van der Waals surface area (Å²) in [7, 11) is 0. The average molecular weight is 481 g/mol. The number of aromatic nitrogens is 2. The molecule has 0 spiro atoms. The van der Waals surface area contributed by atoms with E-state index in [1.54, 1.807) is 0 Å². The van der Waals surface area contributed by atoms with Crippen molar-refractivity contribution in [3.05, 3.63) is 34.9 Å². The number of rotatable bonds is 8. The van der Waals surface area contributed by atoms with Gasteiger partial charge in [0, 0.05) is 0 Å². The number of nitrogen functional groups attached to an aromatic ring is 1. The molecular formula is C23H24N6O2S2. The third kappa shape index (κ3) is 5.19. The lowest BCUT2D eigenvalue weighted by Crippen LogP contribution is -2.25. The summed E-state index contributed by atoms with van der Waals surface area (Å²) in [5.74, 6) is 0.473. The van der Waals surface area contributed by atoms with E-state index in [-0.39, 0.29) is 28.8 Å². The van der Waals surface area contributed by atoms with Crippen molar-refractivity contribution < 1.29 is 9.53 Å². The summed E-state index contributed by atoms with van der Waals surface area (Å²) >= 11 is 2.53. The molecule has 33 heavy (non-hydrogen) atoms. The standard InChI is InChI=1S/C23H24N6O2S2/c1-5-17(32-22-15(11-25)19(12(3)4)14(10-24)20(26)28-22)21(30)29-23-27-16-8-7-13(31-6-2)9-18(16)33-23/h7-9,12,17H,5-6H2,1-4H3,(H2,26,28)(H,27,29,30). The van der Waals surface area contributed by atoms with Crippen LogP contribution in [0.25, 0.3) is 10.2 Å². The van der Waals surface area contributed by atoms with Crippen LogP contribution in [0.4, 0.5) is 10.9 Å². The monoisotopic (exact) mass is 480 g/mol. The van der Waals surface area contributed by atoms with Gasteiger partial charge in [0.15, 0.2) is 5.13 Å². The number of pyridine rings is 1. The van der Waals surface area contributed by atoms with Crippen LogP contribution in [0.5, 0.6) is 5.75 Å². The Morgan fingerprint density at radius 2 is 1.97 bits per heavy atom. The second-order valence-corrected chi connectivity index (χ2v) is 9.65. The number of nitrogens with one attached hydrogen (secondary N) is 1. The SMILES string of the molecule is CCOc1ccc2nc(NC(=O)C(CC)Sc3nc(N)c(C#N)c(C(C)C)c3C#N)sc2c1. The fraction of sp³-hybridized carbons (Fsp3) is 0.348. The number of ether oxygens (including phenoxy) is 1. The molecule has 8 nitrogen and oxygen atoms in total. The minimum Gasteiger partial charge on any atom is -0.494 e. The first-order valence-corrected chi connectivity index (χ1v) is 12.2. The molecule has 0 saturated carbocycles. The number of thioether (sulfide) groups is 1. The molecule has 10 heteroatoms. The Hall–Kier alpha value is -3.34. The lowest BCUT2D eigenvalue weighted by atomic mass is 9.94. The topological polar surface area (TPSA) is 138 Å². The van der Waals surface area contributed by atoms with Crippen LogP contribution in [0.3, 0.4) is 0 Å². The fourth-order valence-electron chi connectivity index (χ4n) is 3.35. The summed E-state index contributed by atoms with van der Waals surface area (Å²) in [4.78, 5) is 21.8. The van der Waals surface area contributed by atoms with Crippen LogP contribution >= 0.6 is 23.1 Å². The molecule has 1 amide bonds. The maximum Gasteiger partial charge on any atom is 0.239 e. The van der Waals surface area contributed by atoms with Crippen molar-refractivity contribution >= 4 is 50.2 Å². The van der Waals surface area contributed by atoms with Crippen LogP contribution in [-0.4, -0.2) is 27.7 Å². The van der Waals surface area contributed by atoms with Gasteiger partial charge in [0.1, 0.15) is 28.7 Å². The Kier molecular flexibility index (Phi) is 7.75. The summed E-state index contributed by atoms with van der Waals surface area (Å²) in [5, 5.41) is 22.5. The number of carbonyl (C=O) groups excluding carboxylic acids is 1. The van der Waals surface area contributed by atoms with Crippen molar-refractivity contribution in [2.45, 2.75) is 50.3 Å². The van der Waals surface area contributed by atoms with Crippen molar-refractivity contribution in [3.8, 4) is 17.9 Å². The van der Waals surface area contributed by atoms with Crippen molar-refractivity contribution in [2.24, 2.45) is 0 Å². The highest BCUT2D eigenvalue weighted by Crippen LogP contribution is 2.36. The molecule has 0 aliphatic heterocycles. The zero-order chi connectivity index (χ0) is 24.1. The van der Waals surface area contributed by atoms with Crippen molar-refractivity contribution in [3.63, 3.8) is 0 Å². The number of carbonyl (C=O) groups is 1. The predicted octanol–water partition coefficient (Wildman–Crippen LogP) is 5.05. The highest BCUT2D eigenvalue weighted by atomic mass is 32.2. The van der Waals surface area contributed by atoms with E-state index in [9.17, 15) is 15.3 Å². The van der Waals surface area contributed by atoms with Gasteiger partial charge < -0.3 is 15.8 Å². The second-order valence-electron chi connectivity index (χ2n) is 7.43. The summed E-state index contributed by atoms with van der Waals surface area (Å²) < 4.78 is 6.43. The van der Waals surface area contributed by atoms with Crippen LogP contribution in [0.1, 0.15) is 56.7 Å². The van der Waals surface area contributed by atoms with E-state index in [2.05, 4.69) is 27.4 Å². The molecule has 1 atom stereocenters. The molecule has 0 fully saturated rings. The van der Waals surface area contributed by atoms with E-state index >= 15 is 0 Å². The normalized spacial score (nSPS) is 11.7. The molecular weight excluding hydrogens is 456 g/mol. The molecule has 3 aromatic rings. The van der Waals surface area contributed by atoms with Gasteiger partial charge in [-0.3, -0.25) is 4.79 Å². The van der Waals surface area contributed by atoms with Gasteiger partial charge in [-0.1, -0.05) is 43.9 Å². The average Bonchev–Trinajstić information content (AvgIpc) is 3.18. The largest absolute Gasteiger partial charge is 0.494 e. The minimum absolute atomic E-state index is 0.0641. The number of hydrogen-bond donors (Lipinski definition) is 2.